The summed E-state index contributed by atoms with van der Waals surface area (Å²) < 4.78 is 5.10. The van der Waals surface area contributed by atoms with Crippen LogP contribution in [0.2, 0.25) is 0 Å². The summed E-state index contributed by atoms with van der Waals surface area (Å²) in [5.74, 6) is 0.465. The average molecular weight is 367 g/mol. The first-order valence-electron chi connectivity index (χ1n) is 9.15. The molecule has 1 fully saturated rings. The molecule has 1 heterocycles. The topological polar surface area (TPSA) is 66.8 Å². The predicted molar refractivity (Wildman–Crippen MR) is 103 cm³/mol. The SMILES string of the molecule is COc1ccc([C@H](O)C(=O)N2CCC(C(C)=O)(c3ccccc3)CC2)cc1. The van der Waals surface area contributed by atoms with E-state index in [4.69, 9.17) is 4.74 Å². The van der Waals surface area contributed by atoms with Gasteiger partial charge in [0.1, 0.15) is 11.5 Å². The molecule has 5 heteroatoms. The van der Waals surface area contributed by atoms with Crippen LogP contribution < -0.4 is 4.74 Å². The van der Waals surface area contributed by atoms with Crippen molar-refractivity contribution in [1.29, 1.82) is 0 Å². The number of Topliss-reactive ketones (excluding diaryl/α,β-unsaturated/α-hetero) is 1. The number of ether oxygens (including phenoxy) is 1. The molecular formula is C22H25NO4. The van der Waals surface area contributed by atoms with Crippen LogP contribution in [0.15, 0.2) is 54.6 Å². The van der Waals surface area contributed by atoms with Crippen LogP contribution in [-0.2, 0) is 15.0 Å². The molecule has 142 valence electrons. The number of carbonyl (C=O) groups is 2. The summed E-state index contributed by atoms with van der Waals surface area (Å²) in [5, 5.41) is 10.5. The fraction of sp³-hybridized carbons (Fsp3) is 0.364. The molecule has 0 unspecified atom stereocenters. The Kier molecular flexibility index (Phi) is 5.61. The van der Waals surface area contributed by atoms with E-state index in [-0.39, 0.29) is 11.7 Å². The lowest BCUT2D eigenvalue weighted by molar-refractivity contribution is -0.143. The molecule has 1 amide bonds. The Balaban J connectivity index is 1.72. The third kappa shape index (κ3) is 3.74. The van der Waals surface area contributed by atoms with E-state index in [0.29, 0.717) is 37.2 Å². The monoisotopic (exact) mass is 367 g/mol. The van der Waals surface area contributed by atoms with Gasteiger partial charge in [-0.25, -0.2) is 0 Å². The first-order valence-corrected chi connectivity index (χ1v) is 9.15. The molecule has 0 spiro atoms. The standard InChI is InChI=1S/C22H25NO4/c1-16(24)22(18-6-4-3-5-7-18)12-14-23(15-13-22)21(26)20(25)17-8-10-19(27-2)11-9-17/h3-11,20,25H,12-15H2,1-2H3/t20-/m0/s1. The largest absolute Gasteiger partial charge is 0.497 e. The molecule has 2 aromatic rings. The number of ketones is 1. The molecule has 0 aliphatic carbocycles. The molecule has 1 atom stereocenters. The summed E-state index contributed by atoms with van der Waals surface area (Å²) in [6, 6.07) is 16.6. The number of hydrogen-bond donors (Lipinski definition) is 1. The highest BCUT2D eigenvalue weighted by Gasteiger charge is 2.42. The van der Waals surface area contributed by atoms with Crippen molar-refractivity contribution in [2.75, 3.05) is 20.2 Å². The van der Waals surface area contributed by atoms with Gasteiger partial charge >= 0.3 is 0 Å². The van der Waals surface area contributed by atoms with Crippen LogP contribution in [0.3, 0.4) is 0 Å². The van der Waals surface area contributed by atoms with Gasteiger partial charge in [0, 0.05) is 13.1 Å². The minimum absolute atomic E-state index is 0.122. The summed E-state index contributed by atoms with van der Waals surface area (Å²) >= 11 is 0. The van der Waals surface area contributed by atoms with Gasteiger partial charge in [0.05, 0.1) is 12.5 Å². The molecule has 2 aromatic carbocycles. The minimum atomic E-state index is -1.21. The summed E-state index contributed by atoms with van der Waals surface area (Å²) in [5.41, 5.74) is 0.982. The Bertz CT molecular complexity index is 793. The molecule has 1 aliphatic rings. The van der Waals surface area contributed by atoms with E-state index >= 15 is 0 Å². The van der Waals surface area contributed by atoms with Crippen LogP contribution in [0.1, 0.15) is 37.0 Å². The first kappa shape index (κ1) is 19.1. The Hall–Kier alpha value is -2.66. The molecule has 1 N–H and O–H groups in total. The van der Waals surface area contributed by atoms with Crippen molar-refractivity contribution < 1.29 is 19.4 Å². The fourth-order valence-electron chi connectivity index (χ4n) is 3.81. The highest BCUT2D eigenvalue weighted by molar-refractivity contribution is 5.89. The van der Waals surface area contributed by atoms with Gasteiger partial charge in [-0.2, -0.15) is 0 Å². The lowest BCUT2D eigenvalue weighted by Gasteiger charge is -2.41. The molecule has 0 radical (unpaired) electrons. The van der Waals surface area contributed by atoms with E-state index in [1.165, 1.54) is 0 Å². The first-order chi connectivity index (χ1) is 13.0. The van der Waals surface area contributed by atoms with Crippen LogP contribution in [0.4, 0.5) is 0 Å². The number of aliphatic hydroxyl groups is 1. The quantitative estimate of drug-likeness (QED) is 0.882. The summed E-state index contributed by atoms with van der Waals surface area (Å²) in [6.07, 6.45) is -0.0849. The van der Waals surface area contributed by atoms with Crippen molar-refractivity contribution >= 4 is 11.7 Å². The van der Waals surface area contributed by atoms with Crippen LogP contribution in [0, 0.1) is 0 Å². The van der Waals surface area contributed by atoms with E-state index in [9.17, 15) is 14.7 Å². The van der Waals surface area contributed by atoms with Crippen molar-refractivity contribution in [3.8, 4) is 5.75 Å². The number of aliphatic hydroxyl groups excluding tert-OH is 1. The third-order valence-electron chi connectivity index (χ3n) is 5.59. The second-order valence-corrected chi connectivity index (χ2v) is 7.01. The lowest BCUT2D eigenvalue weighted by atomic mass is 9.70. The third-order valence-corrected chi connectivity index (χ3v) is 5.59. The van der Waals surface area contributed by atoms with Crippen molar-refractivity contribution in [3.05, 3.63) is 65.7 Å². The van der Waals surface area contributed by atoms with Crippen LogP contribution in [0.25, 0.3) is 0 Å². The number of amides is 1. The van der Waals surface area contributed by atoms with Crippen LogP contribution in [-0.4, -0.2) is 41.9 Å². The van der Waals surface area contributed by atoms with Gasteiger partial charge in [-0.05, 0) is 43.0 Å². The Labute approximate surface area is 159 Å². The van der Waals surface area contributed by atoms with Crippen molar-refractivity contribution in [2.24, 2.45) is 0 Å². The molecule has 1 aliphatic heterocycles. The number of hydrogen-bond acceptors (Lipinski definition) is 4. The molecule has 0 bridgehead atoms. The zero-order valence-corrected chi connectivity index (χ0v) is 15.7. The van der Waals surface area contributed by atoms with Gasteiger partial charge in [-0.3, -0.25) is 9.59 Å². The fourth-order valence-corrected chi connectivity index (χ4v) is 3.81. The number of piperidine rings is 1. The number of carbonyl (C=O) groups excluding carboxylic acids is 2. The lowest BCUT2D eigenvalue weighted by Crippen LogP contribution is -2.49. The maximum Gasteiger partial charge on any atom is 0.256 e. The van der Waals surface area contributed by atoms with Gasteiger partial charge < -0.3 is 14.7 Å². The number of methoxy groups -OCH3 is 1. The molecule has 3 rings (SSSR count). The van der Waals surface area contributed by atoms with Gasteiger partial charge in [-0.1, -0.05) is 42.5 Å². The maximum absolute atomic E-state index is 12.7. The summed E-state index contributed by atoms with van der Waals surface area (Å²) in [4.78, 5) is 26.8. The predicted octanol–water partition coefficient (Wildman–Crippen LogP) is 2.88. The van der Waals surface area contributed by atoms with Crippen molar-refractivity contribution in [3.63, 3.8) is 0 Å². The van der Waals surface area contributed by atoms with E-state index < -0.39 is 11.5 Å². The van der Waals surface area contributed by atoms with E-state index in [1.807, 2.05) is 30.3 Å². The Morgan fingerprint density at radius 1 is 1.04 bits per heavy atom. The van der Waals surface area contributed by atoms with Crippen LogP contribution in [0.5, 0.6) is 5.75 Å². The van der Waals surface area contributed by atoms with Crippen LogP contribution >= 0.6 is 0 Å². The summed E-state index contributed by atoms with van der Waals surface area (Å²) in [7, 11) is 1.57. The Morgan fingerprint density at radius 3 is 2.15 bits per heavy atom. The molecule has 0 aromatic heterocycles. The Morgan fingerprint density at radius 2 is 1.63 bits per heavy atom. The highest BCUT2D eigenvalue weighted by atomic mass is 16.5. The number of nitrogens with zero attached hydrogens (tertiary/aromatic N) is 1. The molecule has 5 nitrogen and oxygen atoms in total. The van der Waals surface area contributed by atoms with Crippen molar-refractivity contribution in [1.82, 2.24) is 4.90 Å². The highest BCUT2D eigenvalue weighted by Crippen LogP contribution is 2.37. The van der Waals surface area contributed by atoms with E-state index in [0.717, 1.165) is 5.56 Å². The van der Waals surface area contributed by atoms with Gasteiger partial charge in [-0.15, -0.1) is 0 Å². The second kappa shape index (κ2) is 7.92. The zero-order valence-electron chi connectivity index (χ0n) is 15.7. The van der Waals surface area contributed by atoms with Gasteiger partial charge in [0.15, 0.2) is 6.10 Å². The van der Waals surface area contributed by atoms with Gasteiger partial charge in [0.25, 0.3) is 5.91 Å². The molecular weight excluding hydrogens is 342 g/mol. The zero-order chi connectivity index (χ0) is 19.4. The number of likely N-dealkylation sites (tertiary alicyclic amines) is 1. The second-order valence-electron chi connectivity index (χ2n) is 7.01. The maximum atomic E-state index is 12.7. The van der Waals surface area contributed by atoms with Crippen molar-refractivity contribution in [2.45, 2.75) is 31.3 Å². The normalized spacial score (nSPS) is 17.2. The van der Waals surface area contributed by atoms with E-state index in [1.54, 1.807) is 43.2 Å². The van der Waals surface area contributed by atoms with E-state index in [2.05, 4.69) is 0 Å². The smallest absolute Gasteiger partial charge is 0.256 e. The molecule has 27 heavy (non-hydrogen) atoms. The number of rotatable bonds is 5. The van der Waals surface area contributed by atoms with Gasteiger partial charge in [0.2, 0.25) is 0 Å². The number of benzene rings is 2. The molecule has 0 saturated carbocycles. The molecule has 1 saturated heterocycles. The average Bonchev–Trinajstić information content (AvgIpc) is 2.73. The minimum Gasteiger partial charge on any atom is -0.497 e. The summed E-state index contributed by atoms with van der Waals surface area (Å²) in [6.45, 7) is 2.51.